The van der Waals surface area contributed by atoms with E-state index in [0.717, 1.165) is 16.5 Å². The summed E-state index contributed by atoms with van der Waals surface area (Å²) < 4.78 is 0. The summed E-state index contributed by atoms with van der Waals surface area (Å²) in [5, 5.41) is 27.6. The number of carboxylic acid groups (broad SMARTS) is 1. The van der Waals surface area contributed by atoms with Crippen molar-refractivity contribution in [2.75, 3.05) is 6.54 Å². The lowest BCUT2D eigenvalue weighted by molar-refractivity contribution is -0.142. The molecule has 3 rings (SSSR count). The third-order valence-electron chi connectivity index (χ3n) is 6.22. The number of carbonyl (C=O) groups excluding carboxylic acids is 3. The van der Waals surface area contributed by atoms with Crippen LogP contribution in [-0.4, -0.2) is 63.6 Å². The number of carbonyl (C=O) groups is 4. The first-order valence-corrected chi connectivity index (χ1v) is 12.7. The van der Waals surface area contributed by atoms with Gasteiger partial charge in [-0.05, 0) is 48.1 Å². The first-order valence-electron chi connectivity index (χ1n) is 12.7. The number of para-hydroxylation sites is 1. The van der Waals surface area contributed by atoms with Crippen LogP contribution in [0.4, 0.5) is 0 Å². The molecule has 39 heavy (non-hydrogen) atoms. The molecule has 0 aliphatic heterocycles. The van der Waals surface area contributed by atoms with Crippen LogP contribution >= 0.6 is 0 Å². The van der Waals surface area contributed by atoms with Crippen LogP contribution in [0, 0.1) is 5.92 Å². The minimum Gasteiger partial charge on any atom is -0.508 e. The minimum atomic E-state index is -1.18. The Kier molecular flexibility index (Phi) is 10.0. The average molecular weight is 538 g/mol. The second kappa shape index (κ2) is 13.4. The Balaban J connectivity index is 1.61. The van der Waals surface area contributed by atoms with Crippen molar-refractivity contribution in [2.24, 2.45) is 11.7 Å². The third-order valence-corrected chi connectivity index (χ3v) is 6.22. The number of hydrogen-bond acceptors (Lipinski definition) is 6. The van der Waals surface area contributed by atoms with Crippen LogP contribution in [0.2, 0.25) is 0 Å². The normalized spacial score (nSPS) is 13.4. The molecule has 3 amide bonds. The van der Waals surface area contributed by atoms with Gasteiger partial charge in [-0.3, -0.25) is 14.4 Å². The van der Waals surface area contributed by atoms with Crippen molar-refractivity contribution in [1.29, 1.82) is 0 Å². The summed E-state index contributed by atoms with van der Waals surface area (Å²) >= 11 is 0. The highest BCUT2D eigenvalue weighted by molar-refractivity contribution is 5.93. The first kappa shape index (κ1) is 29.2. The fourth-order valence-electron chi connectivity index (χ4n) is 4.22. The lowest BCUT2D eigenvalue weighted by atomic mass is 10.0. The Bertz CT molecular complexity index is 1300. The maximum atomic E-state index is 13.0. The van der Waals surface area contributed by atoms with E-state index in [0.29, 0.717) is 5.56 Å². The number of hydrogen-bond donors (Lipinski definition) is 7. The Morgan fingerprint density at radius 2 is 1.62 bits per heavy atom. The van der Waals surface area contributed by atoms with E-state index < -0.39 is 48.4 Å². The zero-order valence-corrected chi connectivity index (χ0v) is 21.9. The van der Waals surface area contributed by atoms with Crippen molar-refractivity contribution >= 4 is 34.6 Å². The number of carboxylic acids is 1. The van der Waals surface area contributed by atoms with Gasteiger partial charge in [-0.15, -0.1) is 0 Å². The van der Waals surface area contributed by atoms with Gasteiger partial charge in [-0.1, -0.05) is 44.2 Å². The van der Waals surface area contributed by atoms with E-state index in [-0.39, 0.29) is 30.9 Å². The molecule has 3 aromatic rings. The number of amides is 3. The van der Waals surface area contributed by atoms with Gasteiger partial charge in [0.25, 0.3) is 0 Å². The average Bonchev–Trinajstić information content (AvgIpc) is 3.30. The number of aliphatic carboxylic acids is 1. The molecule has 0 radical (unpaired) electrons. The van der Waals surface area contributed by atoms with Crippen LogP contribution in [0.5, 0.6) is 5.75 Å². The molecule has 0 saturated heterocycles. The van der Waals surface area contributed by atoms with Crippen molar-refractivity contribution in [2.45, 2.75) is 51.2 Å². The predicted octanol–water partition coefficient (Wildman–Crippen LogP) is 1.20. The summed E-state index contributed by atoms with van der Waals surface area (Å²) in [6, 6.07) is 10.6. The highest BCUT2D eigenvalue weighted by Crippen LogP contribution is 2.18. The standard InChI is InChI=1S/C28H35N5O6/c1-16(2)11-24(28(38)39)33-27(37)23(12-17-7-9-19(34)10-8-17)32-25(35)15-31-26(36)21(29)13-18-14-30-22-6-4-3-5-20(18)22/h3-10,14,16,21,23-24,30,34H,11-13,15,29H2,1-2H3,(H,31,36)(H,32,35)(H,33,37)(H,38,39). The molecule has 0 bridgehead atoms. The molecular weight excluding hydrogens is 502 g/mol. The highest BCUT2D eigenvalue weighted by Gasteiger charge is 2.27. The lowest BCUT2D eigenvalue weighted by Gasteiger charge is -2.23. The number of benzene rings is 2. The Hall–Kier alpha value is -4.38. The maximum absolute atomic E-state index is 13.0. The van der Waals surface area contributed by atoms with Gasteiger partial charge in [-0.25, -0.2) is 4.79 Å². The quantitative estimate of drug-likeness (QED) is 0.171. The molecule has 11 heteroatoms. The molecule has 0 aliphatic carbocycles. The molecular formula is C28H35N5O6. The maximum Gasteiger partial charge on any atom is 0.326 e. The molecule has 0 aliphatic rings. The van der Waals surface area contributed by atoms with Gasteiger partial charge < -0.3 is 36.9 Å². The number of phenols is 1. The van der Waals surface area contributed by atoms with Crippen LogP contribution in [0.3, 0.4) is 0 Å². The number of nitrogens with two attached hydrogens (primary N) is 1. The third kappa shape index (κ3) is 8.57. The summed E-state index contributed by atoms with van der Waals surface area (Å²) in [5.41, 5.74) is 8.51. The predicted molar refractivity (Wildman–Crippen MR) is 146 cm³/mol. The van der Waals surface area contributed by atoms with Gasteiger partial charge in [0.15, 0.2) is 0 Å². The van der Waals surface area contributed by atoms with Gasteiger partial charge in [0.2, 0.25) is 17.7 Å². The zero-order chi connectivity index (χ0) is 28.5. The Morgan fingerprint density at radius 3 is 2.28 bits per heavy atom. The second-order valence-corrected chi connectivity index (χ2v) is 9.91. The van der Waals surface area contributed by atoms with Crippen LogP contribution in [0.25, 0.3) is 10.9 Å². The second-order valence-electron chi connectivity index (χ2n) is 9.91. The fraction of sp³-hybridized carbons (Fsp3) is 0.357. The molecule has 208 valence electrons. The summed E-state index contributed by atoms with van der Waals surface area (Å²) in [6.45, 7) is 3.25. The number of aromatic hydroxyl groups is 1. The topological polar surface area (TPSA) is 187 Å². The number of nitrogens with one attached hydrogen (secondary N) is 4. The van der Waals surface area contributed by atoms with Gasteiger partial charge in [0.05, 0.1) is 12.6 Å². The van der Waals surface area contributed by atoms with E-state index in [1.165, 1.54) is 12.1 Å². The lowest BCUT2D eigenvalue weighted by Crippen LogP contribution is -2.54. The van der Waals surface area contributed by atoms with E-state index in [1.807, 2.05) is 38.1 Å². The smallest absolute Gasteiger partial charge is 0.326 e. The molecule has 1 aromatic heterocycles. The van der Waals surface area contributed by atoms with Gasteiger partial charge in [0, 0.05) is 23.5 Å². The minimum absolute atomic E-state index is 0.0141. The largest absolute Gasteiger partial charge is 0.508 e. The van der Waals surface area contributed by atoms with Crippen molar-refractivity contribution < 1.29 is 29.4 Å². The molecule has 1 heterocycles. The van der Waals surface area contributed by atoms with Crippen molar-refractivity contribution in [3.8, 4) is 5.75 Å². The SMILES string of the molecule is CC(C)CC(NC(=O)C(Cc1ccc(O)cc1)NC(=O)CNC(=O)C(N)Cc1c[nH]c2ccccc12)C(=O)O. The fourth-order valence-corrected chi connectivity index (χ4v) is 4.22. The Labute approximate surface area is 226 Å². The number of phenolic OH excluding ortho intramolecular Hbond substituents is 1. The summed E-state index contributed by atoms with van der Waals surface area (Å²) in [4.78, 5) is 53.1. The highest BCUT2D eigenvalue weighted by atomic mass is 16.4. The molecule has 2 aromatic carbocycles. The molecule has 0 spiro atoms. The van der Waals surface area contributed by atoms with E-state index in [9.17, 15) is 29.4 Å². The molecule has 3 unspecified atom stereocenters. The number of aromatic amines is 1. The van der Waals surface area contributed by atoms with Crippen LogP contribution in [-0.2, 0) is 32.0 Å². The Morgan fingerprint density at radius 1 is 0.923 bits per heavy atom. The zero-order valence-electron chi connectivity index (χ0n) is 21.9. The van der Waals surface area contributed by atoms with E-state index >= 15 is 0 Å². The number of aromatic nitrogens is 1. The molecule has 0 fully saturated rings. The number of H-pyrrole nitrogens is 1. The molecule has 0 saturated carbocycles. The van der Waals surface area contributed by atoms with Gasteiger partial charge >= 0.3 is 5.97 Å². The van der Waals surface area contributed by atoms with E-state index in [4.69, 9.17) is 5.73 Å². The summed E-state index contributed by atoms with van der Waals surface area (Å²) in [7, 11) is 0. The van der Waals surface area contributed by atoms with Gasteiger partial charge in [0.1, 0.15) is 17.8 Å². The number of fused-ring (bicyclic) bond motifs is 1. The molecule has 11 nitrogen and oxygen atoms in total. The van der Waals surface area contributed by atoms with E-state index in [1.54, 1.807) is 18.3 Å². The number of rotatable bonds is 13. The summed E-state index contributed by atoms with van der Waals surface area (Å²) in [5.74, 6) is -2.97. The summed E-state index contributed by atoms with van der Waals surface area (Å²) in [6.07, 6.45) is 2.31. The van der Waals surface area contributed by atoms with E-state index in [2.05, 4.69) is 20.9 Å². The van der Waals surface area contributed by atoms with Crippen molar-refractivity contribution in [1.82, 2.24) is 20.9 Å². The van der Waals surface area contributed by atoms with Crippen LogP contribution < -0.4 is 21.7 Å². The van der Waals surface area contributed by atoms with Crippen molar-refractivity contribution in [3.05, 3.63) is 65.9 Å². The van der Waals surface area contributed by atoms with Crippen molar-refractivity contribution in [3.63, 3.8) is 0 Å². The monoisotopic (exact) mass is 537 g/mol. The first-order chi connectivity index (χ1) is 18.5. The molecule has 8 N–H and O–H groups in total. The molecule has 3 atom stereocenters. The van der Waals surface area contributed by atoms with Gasteiger partial charge in [-0.2, -0.15) is 0 Å². The van der Waals surface area contributed by atoms with Crippen LogP contribution in [0.1, 0.15) is 31.4 Å². The van der Waals surface area contributed by atoms with Crippen LogP contribution in [0.15, 0.2) is 54.7 Å².